The van der Waals surface area contributed by atoms with Gasteiger partial charge in [0.05, 0.1) is 0 Å². The first-order valence-corrected chi connectivity index (χ1v) is 11.0. The van der Waals surface area contributed by atoms with Gasteiger partial charge in [0.15, 0.2) is 11.7 Å². The van der Waals surface area contributed by atoms with E-state index in [0.717, 1.165) is 0 Å². The first kappa shape index (κ1) is 42.2. The van der Waals surface area contributed by atoms with Crippen molar-refractivity contribution in [3.05, 3.63) is 0 Å². The minimum Gasteiger partial charge on any atom is -0.376 e. The Labute approximate surface area is 237 Å². The molecule has 0 aromatic heterocycles. The van der Waals surface area contributed by atoms with Crippen molar-refractivity contribution in [2.24, 2.45) is 0 Å². The van der Waals surface area contributed by atoms with Gasteiger partial charge in [0.2, 0.25) is 11.2 Å². The molecule has 0 saturated carbocycles. The molecular weight excluding hydrogens is 730 g/mol. The van der Waals surface area contributed by atoms with Crippen LogP contribution in [-0.2, 0) is 9.47 Å². The number of aliphatic hydroxyl groups is 4. The van der Waals surface area contributed by atoms with Crippen LogP contribution in [0.3, 0.4) is 0 Å². The Morgan fingerprint density at radius 2 is 0.891 bits per heavy atom. The molecule has 0 aromatic carbocycles. The van der Waals surface area contributed by atoms with Gasteiger partial charge in [0.1, 0.15) is 0 Å². The summed E-state index contributed by atoms with van der Waals surface area (Å²) in [7, 11) is 0. The fraction of sp³-hybridized carbons (Fsp3) is 1.00. The summed E-state index contributed by atoms with van der Waals surface area (Å²) in [4.78, 5) is 0. The largest absolute Gasteiger partial charge is 0.449 e. The van der Waals surface area contributed by atoms with Crippen LogP contribution in [0.5, 0.6) is 0 Å². The van der Waals surface area contributed by atoms with Crippen LogP contribution < -0.4 is 0 Å². The summed E-state index contributed by atoms with van der Waals surface area (Å²) in [5.74, 6) is -25.6. The van der Waals surface area contributed by atoms with Crippen molar-refractivity contribution < 1.29 is 126 Å². The predicted octanol–water partition coefficient (Wildman–Crippen LogP) is 5.81. The lowest BCUT2D eigenvalue weighted by Crippen LogP contribution is -2.81. The maximum absolute atomic E-state index is 13.7. The molecule has 6 nitrogen and oxygen atoms in total. The Balaban J connectivity index is 0.000000462. The number of hydrogen-bond acceptors (Lipinski definition) is 6. The standard InChI is InChI=1S/C10H9F11O3.C8H5F11O3/c1-2-4(8(13,14)15)3-5(22,9(16,17)18)6(11,12)7(23,24-4)10(19,20)21;9-4(10,11)2-1-3(20,7(14,15)16)5(12,13)6(21,22-2)8(17,18)19/h22-23H,2-3H2,1H3;2,20-21H,1H2. The smallest absolute Gasteiger partial charge is 0.376 e. The van der Waals surface area contributed by atoms with E-state index in [1.54, 1.807) is 0 Å². The first-order chi connectivity index (χ1) is 19.5. The van der Waals surface area contributed by atoms with Crippen molar-refractivity contribution in [3.63, 3.8) is 0 Å². The van der Waals surface area contributed by atoms with Crippen LogP contribution in [0.15, 0.2) is 0 Å². The van der Waals surface area contributed by atoms with Gasteiger partial charge in [-0.2, -0.15) is 96.6 Å². The lowest BCUT2D eigenvalue weighted by atomic mass is 9.73. The van der Waals surface area contributed by atoms with Gasteiger partial charge in [0.25, 0.3) is 0 Å². The molecule has 0 bridgehead atoms. The zero-order chi connectivity index (χ0) is 37.6. The van der Waals surface area contributed by atoms with E-state index in [1.807, 2.05) is 0 Å². The lowest BCUT2D eigenvalue weighted by molar-refractivity contribution is -0.537. The summed E-state index contributed by atoms with van der Waals surface area (Å²) < 4.78 is 287. The quantitative estimate of drug-likeness (QED) is 0.253. The number of hydrogen-bond donors (Lipinski definition) is 4. The molecule has 4 N–H and O–H groups in total. The Morgan fingerprint density at radius 3 is 1.15 bits per heavy atom. The molecule has 0 radical (unpaired) electrons. The summed E-state index contributed by atoms with van der Waals surface area (Å²) in [6, 6.07) is 0. The van der Waals surface area contributed by atoms with E-state index in [2.05, 4.69) is 9.47 Å². The molecule has 276 valence electrons. The third-order valence-electron chi connectivity index (χ3n) is 6.73. The highest BCUT2D eigenvalue weighted by molar-refractivity contribution is 5.18. The average molecular weight is 744 g/mol. The highest BCUT2D eigenvalue weighted by Gasteiger charge is 2.91. The maximum atomic E-state index is 13.7. The predicted molar refractivity (Wildman–Crippen MR) is 94.2 cm³/mol. The topological polar surface area (TPSA) is 99.4 Å². The second-order valence-corrected chi connectivity index (χ2v) is 9.63. The highest BCUT2D eigenvalue weighted by atomic mass is 19.4. The lowest BCUT2D eigenvalue weighted by Gasteiger charge is -2.55. The van der Waals surface area contributed by atoms with Crippen molar-refractivity contribution in [1.82, 2.24) is 0 Å². The number of ether oxygens (including phenoxy) is 2. The maximum Gasteiger partial charge on any atom is 0.449 e. The van der Waals surface area contributed by atoms with Crippen LogP contribution in [0.2, 0.25) is 0 Å². The molecular formula is C18H14F22O6. The number of halogens is 22. The van der Waals surface area contributed by atoms with E-state index in [1.165, 1.54) is 0 Å². The number of rotatable bonds is 1. The molecule has 2 rings (SSSR count). The van der Waals surface area contributed by atoms with Crippen LogP contribution in [0.25, 0.3) is 0 Å². The van der Waals surface area contributed by atoms with Crippen LogP contribution >= 0.6 is 0 Å². The van der Waals surface area contributed by atoms with Gasteiger partial charge in [0, 0.05) is 12.8 Å². The van der Waals surface area contributed by atoms with Gasteiger partial charge < -0.3 is 29.9 Å². The molecule has 0 spiro atoms. The molecule has 0 aromatic rings. The van der Waals surface area contributed by atoms with Crippen molar-refractivity contribution >= 4 is 0 Å². The molecule has 28 heteroatoms. The third kappa shape index (κ3) is 5.90. The average Bonchev–Trinajstić information content (AvgIpc) is 2.77. The minimum atomic E-state index is -6.79. The van der Waals surface area contributed by atoms with E-state index in [4.69, 9.17) is 20.4 Å². The molecule has 0 amide bonds. The Morgan fingerprint density at radius 1 is 0.543 bits per heavy atom. The summed E-state index contributed by atoms with van der Waals surface area (Å²) in [5, 5.41) is 35.7. The minimum absolute atomic E-state index is 0.393. The van der Waals surface area contributed by atoms with E-state index < -0.39 is 103 Å². The normalized spacial score (nSPS) is 37.8. The molecule has 2 heterocycles. The van der Waals surface area contributed by atoms with Crippen molar-refractivity contribution in [2.45, 2.75) is 110 Å². The third-order valence-corrected chi connectivity index (χ3v) is 6.73. The summed E-state index contributed by atoms with van der Waals surface area (Å²) in [5.41, 5.74) is -16.2. The second-order valence-electron chi connectivity index (χ2n) is 9.63. The highest BCUT2D eigenvalue weighted by Crippen LogP contribution is 2.64. The molecule has 2 fully saturated rings. The molecule has 2 aliphatic rings. The van der Waals surface area contributed by atoms with E-state index in [9.17, 15) is 96.6 Å². The van der Waals surface area contributed by atoms with Gasteiger partial charge in [-0.25, -0.2) is 0 Å². The van der Waals surface area contributed by atoms with Crippen LogP contribution in [0.4, 0.5) is 96.6 Å². The van der Waals surface area contributed by atoms with Gasteiger partial charge in [-0.05, 0) is 6.42 Å². The molecule has 0 aliphatic carbocycles. The van der Waals surface area contributed by atoms with Crippen LogP contribution in [0, 0.1) is 0 Å². The van der Waals surface area contributed by atoms with Crippen molar-refractivity contribution in [1.29, 1.82) is 0 Å². The van der Waals surface area contributed by atoms with E-state index in [-0.39, 0.29) is 0 Å². The SMILES string of the molecule is CCC1(C(F)(F)F)CC(O)(C(F)(F)F)C(F)(F)C(O)(C(F)(F)F)O1.OC1(C(F)(F)F)CC(C(F)(F)F)OC(O)(C(F)(F)F)C1(F)F. The molecule has 2 aliphatic heterocycles. The zero-order valence-corrected chi connectivity index (χ0v) is 21.1. The molecule has 6 unspecified atom stereocenters. The van der Waals surface area contributed by atoms with Crippen molar-refractivity contribution in [2.75, 3.05) is 0 Å². The fourth-order valence-corrected chi connectivity index (χ4v) is 3.98. The Hall–Kier alpha value is -1.78. The van der Waals surface area contributed by atoms with Gasteiger partial charge >= 0.3 is 60.5 Å². The summed E-state index contributed by atoms with van der Waals surface area (Å²) in [6.07, 6.45) is -50.7. The van der Waals surface area contributed by atoms with Crippen molar-refractivity contribution in [3.8, 4) is 0 Å². The van der Waals surface area contributed by atoms with E-state index in [0.29, 0.717) is 6.92 Å². The fourth-order valence-electron chi connectivity index (χ4n) is 3.98. The number of alkyl halides is 22. The van der Waals surface area contributed by atoms with E-state index >= 15 is 0 Å². The molecule has 6 atom stereocenters. The monoisotopic (exact) mass is 744 g/mol. The Bertz CT molecular complexity index is 1040. The molecule has 2 saturated heterocycles. The van der Waals surface area contributed by atoms with Crippen LogP contribution in [0.1, 0.15) is 26.2 Å². The van der Waals surface area contributed by atoms with Gasteiger partial charge in [-0.1, -0.05) is 6.92 Å². The zero-order valence-electron chi connectivity index (χ0n) is 21.1. The van der Waals surface area contributed by atoms with Gasteiger partial charge in [-0.15, -0.1) is 0 Å². The second kappa shape index (κ2) is 10.9. The first-order valence-electron chi connectivity index (χ1n) is 11.0. The van der Waals surface area contributed by atoms with Crippen LogP contribution in [-0.4, -0.2) is 104 Å². The summed E-state index contributed by atoms with van der Waals surface area (Å²) >= 11 is 0. The summed E-state index contributed by atoms with van der Waals surface area (Å²) in [6.45, 7) is 0.393. The molecule has 46 heavy (non-hydrogen) atoms. The van der Waals surface area contributed by atoms with Gasteiger partial charge in [-0.3, -0.25) is 0 Å². The Kier molecular flexibility index (Phi) is 9.97.